The van der Waals surface area contributed by atoms with Crippen molar-refractivity contribution in [1.82, 2.24) is 5.32 Å². The average molecular weight is 225 g/mol. The topological polar surface area (TPSA) is 32.3 Å². The van der Waals surface area contributed by atoms with Crippen LogP contribution in [0.2, 0.25) is 0 Å². The molecule has 2 rings (SSSR count). The molecule has 0 aromatic carbocycles. The highest BCUT2D eigenvalue weighted by Crippen LogP contribution is 2.45. The van der Waals surface area contributed by atoms with Crippen LogP contribution in [0.3, 0.4) is 0 Å². The molecule has 0 bridgehead atoms. The Kier molecular flexibility index (Phi) is 3.33. The highest BCUT2D eigenvalue weighted by Gasteiger charge is 2.47. The van der Waals surface area contributed by atoms with Crippen molar-refractivity contribution in [2.75, 3.05) is 6.61 Å². The molecule has 0 aromatic heterocycles. The molecule has 2 unspecified atom stereocenters. The molecule has 0 spiro atoms. The van der Waals surface area contributed by atoms with E-state index in [1.807, 2.05) is 0 Å². The van der Waals surface area contributed by atoms with Gasteiger partial charge in [0.15, 0.2) is 0 Å². The molecule has 94 valence electrons. The van der Waals surface area contributed by atoms with E-state index in [1.54, 1.807) is 0 Å². The zero-order chi connectivity index (χ0) is 11.8. The lowest BCUT2D eigenvalue weighted by Crippen LogP contribution is -2.59. The predicted octanol–water partition coefficient (Wildman–Crippen LogP) is 2.71. The molecular formula is C14H27NO. The lowest BCUT2D eigenvalue weighted by atomic mass is 9.62. The van der Waals surface area contributed by atoms with Gasteiger partial charge < -0.3 is 10.4 Å². The molecule has 2 heteroatoms. The van der Waals surface area contributed by atoms with Crippen molar-refractivity contribution in [1.29, 1.82) is 0 Å². The summed E-state index contributed by atoms with van der Waals surface area (Å²) in [7, 11) is 0. The van der Waals surface area contributed by atoms with Crippen molar-refractivity contribution in [3.8, 4) is 0 Å². The fraction of sp³-hybridized carbons (Fsp3) is 1.00. The minimum Gasteiger partial charge on any atom is -0.394 e. The summed E-state index contributed by atoms with van der Waals surface area (Å²) in [5.41, 5.74) is 0.308. The first kappa shape index (κ1) is 12.4. The number of nitrogens with one attached hydrogen (secondary N) is 1. The van der Waals surface area contributed by atoms with Gasteiger partial charge in [0.25, 0.3) is 0 Å². The third-order valence-corrected chi connectivity index (χ3v) is 4.43. The van der Waals surface area contributed by atoms with E-state index in [1.165, 1.54) is 32.1 Å². The smallest absolute Gasteiger partial charge is 0.0616 e. The van der Waals surface area contributed by atoms with E-state index in [-0.39, 0.29) is 5.54 Å². The zero-order valence-electron chi connectivity index (χ0n) is 11.1. The largest absolute Gasteiger partial charge is 0.394 e. The molecule has 2 aliphatic rings. The number of hydrogen-bond acceptors (Lipinski definition) is 2. The molecule has 2 aliphatic carbocycles. The summed E-state index contributed by atoms with van der Waals surface area (Å²) in [6, 6.07) is 0.690. The fourth-order valence-corrected chi connectivity index (χ4v) is 3.54. The second-order valence-electron chi connectivity index (χ2n) is 6.90. The van der Waals surface area contributed by atoms with E-state index in [2.05, 4.69) is 26.1 Å². The number of aliphatic hydroxyl groups is 1. The van der Waals surface area contributed by atoms with Crippen molar-refractivity contribution in [2.45, 2.75) is 70.9 Å². The molecule has 0 aliphatic heterocycles. The Morgan fingerprint density at radius 3 is 2.38 bits per heavy atom. The summed E-state index contributed by atoms with van der Waals surface area (Å²) in [6.07, 6.45) is 7.63. The molecule has 0 heterocycles. The minimum absolute atomic E-state index is 0.0116. The van der Waals surface area contributed by atoms with E-state index >= 15 is 0 Å². The molecule has 2 N–H and O–H groups in total. The summed E-state index contributed by atoms with van der Waals surface area (Å²) >= 11 is 0. The van der Waals surface area contributed by atoms with Crippen LogP contribution in [0.4, 0.5) is 0 Å². The van der Waals surface area contributed by atoms with Crippen LogP contribution in [0.25, 0.3) is 0 Å². The van der Waals surface area contributed by atoms with Crippen LogP contribution in [0.15, 0.2) is 0 Å². The molecule has 0 saturated heterocycles. The molecule has 16 heavy (non-hydrogen) atoms. The van der Waals surface area contributed by atoms with Crippen LogP contribution < -0.4 is 5.32 Å². The van der Waals surface area contributed by atoms with Gasteiger partial charge in [-0.2, -0.15) is 0 Å². The number of rotatable bonds is 3. The van der Waals surface area contributed by atoms with E-state index in [4.69, 9.17) is 0 Å². The summed E-state index contributed by atoms with van der Waals surface area (Å²) < 4.78 is 0. The van der Waals surface area contributed by atoms with Crippen LogP contribution in [0.1, 0.15) is 59.3 Å². The van der Waals surface area contributed by atoms with Crippen molar-refractivity contribution >= 4 is 0 Å². The molecular weight excluding hydrogens is 198 g/mol. The molecule has 2 fully saturated rings. The Bertz CT molecular complexity index is 242. The van der Waals surface area contributed by atoms with Gasteiger partial charge in [0.2, 0.25) is 0 Å². The highest BCUT2D eigenvalue weighted by molar-refractivity contribution is 5.04. The first-order valence-corrected chi connectivity index (χ1v) is 6.86. The quantitative estimate of drug-likeness (QED) is 0.774. The van der Waals surface area contributed by atoms with Crippen molar-refractivity contribution in [3.05, 3.63) is 0 Å². The van der Waals surface area contributed by atoms with E-state index < -0.39 is 0 Å². The normalized spacial score (nSPS) is 36.4. The number of hydrogen-bond donors (Lipinski definition) is 2. The predicted molar refractivity (Wildman–Crippen MR) is 67.4 cm³/mol. The third-order valence-electron chi connectivity index (χ3n) is 4.43. The maximum atomic E-state index is 9.89. The number of aliphatic hydroxyl groups excluding tert-OH is 1. The van der Waals surface area contributed by atoms with Gasteiger partial charge in [-0.3, -0.25) is 0 Å². The van der Waals surface area contributed by atoms with Crippen molar-refractivity contribution in [2.24, 2.45) is 11.3 Å². The lowest BCUT2D eigenvalue weighted by Gasteiger charge is -2.50. The van der Waals surface area contributed by atoms with Crippen LogP contribution in [0.5, 0.6) is 0 Å². The van der Waals surface area contributed by atoms with Crippen LogP contribution in [0, 0.1) is 11.3 Å². The van der Waals surface area contributed by atoms with Gasteiger partial charge >= 0.3 is 0 Å². The van der Waals surface area contributed by atoms with Gasteiger partial charge in [0, 0.05) is 11.6 Å². The minimum atomic E-state index is 0.0116. The second-order valence-corrected chi connectivity index (χ2v) is 6.90. The lowest BCUT2D eigenvalue weighted by molar-refractivity contribution is 0.00644. The fourth-order valence-electron chi connectivity index (χ4n) is 3.54. The second kappa shape index (κ2) is 4.30. The Morgan fingerprint density at radius 2 is 1.88 bits per heavy atom. The zero-order valence-corrected chi connectivity index (χ0v) is 11.1. The highest BCUT2D eigenvalue weighted by atomic mass is 16.3. The van der Waals surface area contributed by atoms with Crippen LogP contribution in [-0.2, 0) is 0 Å². The van der Waals surface area contributed by atoms with E-state index in [9.17, 15) is 5.11 Å². The monoisotopic (exact) mass is 225 g/mol. The molecule has 0 radical (unpaired) electrons. The maximum Gasteiger partial charge on any atom is 0.0616 e. The summed E-state index contributed by atoms with van der Waals surface area (Å²) in [5.74, 6) is 0.611. The van der Waals surface area contributed by atoms with Gasteiger partial charge in [0.1, 0.15) is 0 Å². The van der Waals surface area contributed by atoms with Gasteiger partial charge in [-0.05, 0) is 37.0 Å². The molecule has 0 amide bonds. The summed E-state index contributed by atoms with van der Waals surface area (Å²) in [6.45, 7) is 7.28. The Hall–Kier alpha value is -0.0800. The molecule has 2 nitrogen and oxygen atoms in total. The molecule has 0 aromatic rings. The SMILES string of the molecule is CC(C)(C)C1CCCCC1(CO)NC1CC1. The Labute approximate surface area is 99.8 Å². The van der Waals surface area contributed by atoms with Crippen molar-refractivity contribution < 1.29 is 5.11 Å². The Balaban J connectivity index is 2.16. The summed E-state index contributed by atoms with van der Waals surface area (Å²) in [5, 5.41) is 13.7. The van der Waals surface area contributed by atoms with Crippen LogP contribution in [-0.4, -0.2) is 23.3 Å². The molecule has 2 atom stereocenters. The first-order valence-electron chi connectivity index (χ1n) is 6.86. The third kappa shape index (κ3) is 2.43. The Morgan fingerprint density at radius 1 is 1.19 bits per heavy atom. The maximum absolute atomic E-state index is 9.89. The summed E-state index contributed by atoms with van der Waals surface area (Å²) in [4.78, 5) is 0. The van der Waals surface area contributed by atoms with E-state index in [0.29, 0.717) is 24.0 Å². The van der Waals surface area contributed by atoms with Crippen LogP contribution >= 0.6 is 0 Å². The van der Waals surface area contributed by atoms with Gasteiger partial charge in [-0.1, -0.05) is 33.6 Å². The molecule has 2 saturated carbocycles. The van der Waals surface area contributed by atoms with Crippen molar-refractivity contribution in [3.63, 3.8) is 0 Å². The van der Waals surface area contributed by atoms with Gasteiger partial charge in [0.05, 0.1) is 6.61 Å². The average Bonchev–Trinajstić information content (AvgIpc) is 3.00. The first-order chi connectivity index (χ1) is 7.48. The van der Waals surface area contributed by atoms with Gasteiger partial charge in [-0.15, -0.1) is 0 Å². The van der Waals surface area contributed by atoms with Gasteiger partial charge in [-0.25, -0.2) is 0 Å². The van der Waals surface area contributed by atoms with E-state index in [0.717, 1.165) is 6.42 Å². The standard InChI is InChI=1S/C14H27NO/c1-13(2,3)12-6-4-5-9-14(12,10-16)15-11-7-8-11/h11-12,15-16H,4-10H2,1-3H3.